The van der Waals surface area contributed by atoms with Gasteiger partial charge in [-0.15, -0.1) is 0 Å². The fourth-order valence-corrected chi connectivity index (χ4v) is 1.80. The van der Waals surface area contributed by atoms with Gasteiger partial charge in [0.15, 0.2) is 0 Å². The van der Waals surface area contributed by atoms with Gasteiger partial charge in [0.25, 0.3) is 0 Å². The van der Waals surface area contributed by atoms with Gasteiger partial charge in [0.05, 0.1) is 11.6 Å². The fourth-order valence-electron chi connectivity index (χ4n) is 1.80. The maximum absolute atomic E-state index is 12.8. The molecular weight excluding hydrogens is 267 g/mol. The van der Waals surface area contributed by atoms with Crippen LogP contribution in [0.15, 0.2) is 54.6 Å². The molecule has 2 aromatic carbocycles. The highest BCUT2D eigenvalue weighted by molar-refractivity contribution is 5.35. The van der Waals surface area contributed by atoms with E-state index in [2.05, 4.69) is 0 Å². The number of ether oxygens (including phenoxy) is 1. The summed E-state index contributed by atoms with van der Waals surface area (Å²) < 4.78 is 43.6. The Balaban J connectivity index is 2.08. The van der Waals surface area contributed by atoms with Gasteiger partial charge in [-0.2, -0.15) is 13.2 Å². The summed E-state index contributed by atoms with van der Waals surface area (Å²) >= 11 is 0. The summed E-state index contributed by atoms with van der Waals surface area (Å²) in [5, 5.41) is 0. The van der Waals surface area contributed by atoms with Crippen LogP contribution in [0.5, 0.6) is 5.75 Å². The lowest BCUT2D eigenvalue weighted by Crippen LogP contribution is -2.20. The van der Waals surface area contributed by atoms with E-state index < -0.39 is 17.8 Å². The van der Waals surface area contributed by atoms with Crippen LogP contribution in [0.4, 0.5) is 13.2 Å². The van der Waals surface area contributed by atoms with E-state index in [1.807, 2.05) is 30.3 Å². The van der Waals surface area contributed by atoms with Crippen LogP contribution < -0.4 is 10.5 Å². The normalized spacial score (nSPS) is 13.0. The molecule has 0 unspecified atom stereocenters. The van der Waals surface area contributed by atoms with E-state index in [4.69, 9.17) is 10.5 Å². The first kappa shape index (κ1) is 14.4. The van der Waals surface area contributed by atoms with E-state index >= 15 is 0 Å². The Kier molecular flexibility index (Phi) is 4.29. The predicted octanol–water partition coefficient (Wildman–Crippen LogP) is 3.78. The Labute approximate surface area is 115 Å². The predicted molar refractivity (Wildman–Crippen MR) is 70.3 cm³/mol. The molecule has 5 heteroatoms. The molecule has 0 aromatic heterocycles. The van der Waals surface area contributed by atoms with Crippen LogP contribution in [0.1, 0.15) is 17.2 Å². The van der Waals surface area contributed by atoms with Gasteiger partial charge in [-0.25, -0.2) is 0 Å². The van der Waals surface area contributed by atoms with E-state index in [1.165, 1.54) is 18.2 Å². The fraction of sp³-hybridized carbons (Fsp3) is 0.200. The van der Waals surface area contributed by atoms with Crippen molar-refractivity contribution in [3.8, 4) is 5.75 Å². The summed E-state index contributed by atoms with van der Waals surface area (Å²) in [5.74, 6) is -0.202. The number of nitrogens with two attached hydrogens (primary N) is 1. The molecule has 2 N–H and O–H groups in total. The van der Waals surface area contributed by atoms with Crippen molar-refractivity contribution in [1.82, 2.24) is 0 Å². The summed E-state index contributed by atoms with van der Waals surface area (Å²) in [6, 6.07) is 13.7. The second-order valence-corrected chi connectivity index (χ2v) is 4.32. The topological polar surface area (TPSA) is 35.2 Å². The van der Waals surface area contributed by atoms with Crippen molar-refractivity contribution in [3.05, 3.63) is 65.7 Å². The molecule has 0 heterocycles. The Morgan fingerprint density at radius 2 is 1.55 bits per heavy atom. The van der Waals surface area contributed by atoms with Gasteiger partial charge in [0.2, 0.25) is 0 Å². The SMILES string of the molecule is N[C@@H](COc1ccccc1C(F)(F)F)c1ccccc1. The molecule has 1 atom stereocenters. The van der Waals surface area contributed by atoms with Gasteiger partial charge in [-0.05, 0) is 17.7 Å². The third-order valence-electron chi connectivity index (χ3n) is 2.84. The molecule has 0 spiro atoms. The highest BCUT2D eigenvalue weighted by atomic mass is 19.4. The number of benzene rings is 2. The highest BCUT2D eigenvalue weighted by Gasteiger charge is 2.34. The number of hydrogen-bond donors (Lipinski definition) is 1. The second kappa shape index (κ2) is 5.96. The van der Waals surface area contributed by atoms with Crippen molar-refractivity contribution in [3.63, 3.8) is 0 Å². The maximum atomic E-state index is 12.8. The Morgan fingerprint density at radius 1 is 0.950 bits per heavy atom. The van der Waals surface area contributed by atoms with Gasteiger partial charge in [-0.3, -0.25) is 0 Å². The molecule has 0 saturated heterocycles. The average Bonchev–Trinajstić information content (AvgIpc) is 2.45. The smallest absolute Gasteiger partial charge is 0.419 e. The minimum absolute atomic E-state index is 0.0168. The summed E-state index contributed by atoms with van der Waals surface area (Å²) in [6.45, 7) is -0.0168. The Bertz CT molecular complexity index is 555. The van der Waals surface area contributed by atoms with E-state index in [9.17, 15) is 13.2 Å². The van der Waals surface area contributed by atoms with Crippen molar-refractivity contribution in [1.29, 1.82) is 0 Å². The molecule has 0 radical (unpaired) electrons. The van der Waals surface area contributed by atoms with E-state index in [0.717, 1.165) is 11.6 Å². The van der Waals surface area contributed by atoms with Gasteiger partial charge in [-0.1, -0.05) is 42.5 Å². The molecule has 2 rings (SSSR count). The first-order chi connectivity index (χ1) is 9.48. The van der Waals surface area contributed by atoms with E-state index in [-0.39, 0.29) is 12.4 Å². The lowest BCUT2D eigenvalue weighted by atomic mass is 10.1. The lowest BCUT2D eigenvalue weighted by molar-refractivity contribution is -0.139. The standard InChI is InChI=1S/C15H14F3NO/c16-15(17,18)12-8-4-5-9-14(12)20-10-13(19)11-6-2-1-3-7-11/h1-9,13H,10,19H2/t13-/m0/s1. The van der Waals surface area contributed by atoms with Crippen LogP contribution in [0.25, 0.3) is 0 Å². The first-order valence-electron chi connectivity index (χ1n) is 6.08. The summed E-state index contributed by atoms with van der Waals surface area (Å²) in [5.41, 5.74) is 5.92. The van der Waals surface area contributed by atoms with Crippen molar-refractivity contribution >= 4 is 0 Å². The van der Waals surface area contributed by atoms with Gasteiger partial charge >= 0.3 is 6.18 Å². The maximum Gasteiger partial charge on any atom is 0.419 e. The molecule has 0 aliphatic heterocycles. The van der Waals surface area contributed by atoms with Crippen LogP contribution in [-0.4, -0.2) is 6.61 Å². The minimum Gasteiger partial charge on any atom is -0.491 e. The Morgan fingerprint density at radius 3 is 2.20 bits per heavy atom. The van der Waals surface area contributed by atoms with Crippen LogP contribution in [0.2, 0.25) is 0 Å². The lowest BCUT2D eigenvalue weighted by Gasteiger charge is -2.17. The summed E-state index contributed by atoms with van der Waals surface area (Å²) in [7, 11) is 0. The third kappa shape index (κ3) is 3.51. The van der Waals surface area contributed by atoms with Gasteiger partial charge in [0, 0.05) is 0 Å². The molecule has 0 aliphatic rings. The average molecular weight is 281 g/mol. The summed E-state index contributed by atoms with van der Waals surface area (Å²) in [6.07, 6.45) is -4.44. The van der Waals surface area contributed by atoms with Crippen molar-refractivity contribution in [2.24, 2.45) is 5.73 Å². The van der Waals surface area contributed by atoms with Crippen molar-refractivity contribution < 1.29 is 17.9 Å². The van der Waals surface area contributed by atoms with Gasteiger partial charge in [0.1, 0.15) is 12.4 Å². The molecule has 20 heavy (non-hydrogen) atoms. The minimum atomic E-state index is -4.44. The zero-order valence-electron chi connectivity index (χ0n) is 10.6. The number of para-hydroxylation sites is 1. The van der Waals surface area contributed by atoms with Gasteiger partial charge < -0.3 is 10.5 Å². The van der Waals surface area contributed by atoms with Crippen molar-refractivity contribution in [2.75, 3.05) is 6.61 Å². The monoisotopic (exact) mass is 281 g/mol. The molecule has 0 fully saturated rings. The van der Waals surface area contributed by atoms with Crippen LogP contribution in [0.3, 0.4) is 0 Å². The molecule has 2 nitrogen and oxygen atoms in total. The summed E-state index contributed by atoms with van der Waals surface area (Å²) in [4.78, 5) is 0. The number of halogens is 3. The third-order valence-corrected chi connectivity index (χ3v) is 2.84. The number of hydrogen-bond acceptors (Lipinski definition) is 2. The van der Waals surface area contributed by atoms with Crippen LogP contribution in [0, 0.1) is 0 Å². The van der Waals surface area contributed by atoms with E-state index in [0.29, 0.717) is 0 Å². The Hall–Kier alpha value is -2.01. The molecule has 106 valence electrons. The molecule has 0 bridgehead atoms. The largest absolute Gasteiger partial charge is 0.491 e. The molecule has 2 aromatic rings. The molecule has 0 saturated carbocycles. The highest BCUT2D eigenvalue weighted by Crippen LogP contribution is 2.36. The molecular formula is C15H14F3NO. The van der Waals surface area contributed by atoms with Crippen LogP contribution in [-0.2, 0) is 6.18 Å². The number of alkyl halides is 3. The quantitative estimate of drug-likeness (QED) is 0.925. The zero-order valence-corrected chi connectivity index (χ0v) is 10.6. The first-order valence-corrected chi connectivity index (χ1v) is 6.08. The molecule has 0 aliphatic carbocycles. The van der Waals surface area contributed by atoms with Crippen LogP contribution >= 0.6 is 0 Å². The van der Waals surface area contributed by atoms with E-state index in [1.54, 1.807) is 0 Å². The second-order valence-electron chi connectivity index (χ2n) is 4.32. The van der Waals surface area contributed by atoms with Crippen molar-refractivity contribution in [2.45, 2.75) is 12.2 Å². The number of rotatable bonds is 4. The molecule has 0 amide bonds. The zero-order chi connectivity index (χ0) is 14.6.